The van der Waals surface area contributed by atoms with Crippen LogP contribution in [0.5, 0.6) is 5.75 Å². The number of Topliss-reactive ketones (excluding diaryl/α,β-unsaturated/α-hetero) is 1. The van der Waals surface area contributed by atoms with Crippen LogP contribution < -0.4 is 4.74 Å². The lowest BCUT2D eigenvalue weighted by Gasteiger charge is -2.29. The molecule has 0 aliphatic carbocycles. The molecule has 0 aromatic heterocycles. The average molecular weight is 583 g/mol. The van der Waals surface area contributed by atoms with Crippen molar-refractivity contribution in [2.24, 2.45) is 0 Å². The Bertz CT molecular complexity index is 1470. The molecular weight excluding hydrogens is 540 g/mol. The highest BCUT2D eigenvalue weighted by Crippen LogP contribution is 2.41. The summed E-state index contributed by atoms with van der Waals surface area (Å²) in [6, 6.07) is 22.7. The molecule has 43 heavy (non-hydrogen) atoms. The first-order valence-electron chi connectivity index (χ1n) is 15.1. The average Bonchev–Trinajstić information content (AvgIpc) is 3.25. The van der Waals surface area contributed by atoms with Gasteiger partial charge >= 0.3 is 0 Å². The summed E-state index contributed by atoms with van der Waals surface area (Å²) in [6.07, 6.45) is 0.718. The lowest BCUT2D eigenvalue weighted by Crippen LogP contribution is -2.39. The first kappa shape index (κ1) is 30.5. The highest BCUT2D eigenvalue weighted by molar-refractivity contribution is 6.46. The van der Waals surface area contributed by atoms with Gasteiger partial charge in [0.1, 0.15) is 18.1 Å². The van der Waals surface area contributed by atoms with Gasteiger partial charge in [0.15, 0.2) is 0 Å². The number of hydrogen-bond acceptors (Lipinski definition) is 6. The maximum atomic E-state index is 13.6. The Labute approximate surface area is 254 Å². The topological polar surface area (TPSA) is 79.3 Å². The third kappa shape index (κ3) is 7.00. The van der Waals surface area contributed by atoms with E-state index in [9.17, 15) is 14.7 Å². The number of likely N-dealkylation sites (tertiary alicyclic amines) is 1. The predicted octanol–water partition coefficient (Wildman–Crippen LogP) is 6.02. The molecule has 5 rings (SSSR count). The molecule has 2 saturated heterocycles. The Morgan fingerprint density at radius 3 is 2.30 bits per heavy atom. The first-order valence-corrected chi connectivity index (χ1v) is 15.1. The van der Waals surface area contributed by atoms with Crippen LogP contribution in [0.4, 0.5) is 0 Å². The molecule has 1 amide bonds. The molecule has 0 radical (unpaired) electrons. The molecule has 2 aliphatic heterocycles. The fourth-order valence-corrected chi connectivity index (χ4v) is 5.79. The SMILES string of the molecule is Cc1cc(OCc2ccccc2)ccc1/C(O)=C1\C(=O)C(=O)N(CCCN2CCOCC2)[C@H]1c1ccc(C(C)(C)C)cc1. The monoisotopic (exact) mass is 582 g/mol. The molecule has 7 nitrogen and oxygen atoms in total. The Morgan fingerprint density at radius 1 is 0.953 bits per heavy atom. The van der Waals surface area contributed by atoms with Gasteiger partial charge in [-0.2, -0.15) is 0 Å². The number of ether oxygens (including phenoxy) is 2. The van der Waals surface area contributed by atoms with Crippen LogP contribution >= 0.6 is 0 Å². The molecule has 2 aliphatic rings. The summed E-state index contributed by atoms with van der Waals surface area (Å²) in [4.78, 5) is 31.0. The smallest absolute Gasteiger partial charge is 0.295 e. The fraction of sp³-hybridized carbons (Fsp3) is 0.389. The zero-order chi connectivity index (χ0) is 30.6. The van der Waals surface area contributed by atoms with E-state index in [0.717, 1.165) is 48.3 Å². The second kappa shape index (κ2) is 13.1. The van der Waals surface area contributed by atoms with Gasteiger partial charge in [0.2, 0.25) is 0 Å². The molecule has 7 heteroatoms. The molecular formula is C36H42N2O5. The molecule has 0 unspecified atom stereocenters. The quantitative estimate of drug-likeness (QED) is 0.189. The van der Waals surface area contributed by atoms with Crippen LogP contribution in [0.3, 0.4) is 0 Å². The molecule has 2 heterocycles. The van der Waals surface area contributed by atoms with Crippen molar-refractivity contribution in [2.45, 2.75) is 52.2 Å². The van der Waals surface area contributed by atoms with Crippen LogP contribution in [-0.4, -0.2) is 66.0 Å². The van der Waals surface area contributed by atoms with E-state index in [0.29, 0.717) is 37.7 Å². The summed E-state index contributed by atoms with van der Waals surface area (Å²) >= 11 is 0. The number of aliphatic hydroxyl groups excluding tert-OH is 1. The van der Waals surface area contributed by atoms with Gasteiger partial charge in [-0.15, -0.1) is 0 Å². The molecule has 226 valence electrons. The second-order valence-corrected chi connectivity index (χ2v) is 12.4. The third-order valence-corrected chi connectivity index (χ3v) is 8.31. The normalized spacial score (nSPS) is 19.2. The van der Waals surface area contributed by atoms with Crippen LogP contribution in [0.2, 0.25) is 0 Å². The van der Waals surface area contributed by atoms with Crippen LogP contribution in [0.1, 0.15) is 61.1 Å². The Kier molecular flexibility index (Phi) is 9.33. The highest BCUT2D eigenvalue weighted by atomic mass is 16.5. The number of benzene rings is 3. The summed E-state index contributed by atoms with van der Waals surface area (Å²) in [5.41, 5.74) is 4.36. The molecule has 1 N–H and O–H groups in total. The lowest BCUT2D eigenvalue weighted by molar-refractivity contribution is -0.140. The minimum Gasteiger partial charge on any atom is -0.507 e. The largest absolute Gasteiger partial charge is 0.507 e. The second-order valence-electron chi connectivity index (χ2n) is 12.4. The number of ketones is 1. The fourth-order valence-electron chi connectivity index (χ4n) is 5.79. The van der Waals surface area contributed by atoms with Gasteiger partial charge in [0.05, 0.1) is 24.8 Å². The van der Waals surface area contributed by atoms with E-state index in [1.807, 2.05) is 67.6 Å². The Hall–Kier alpha value is -3.94. The molecule has 0 bridgehead atoms. The molecule has 0 spiro atoms. The van der Waals surface area contributed by atoms with Crippen LogP contribution in [0, 0.1) is 6.92 Å². The number of morpholine rings is 1. The van der Waals surface area contributed by atoms with Gasteiger partial charge in [0, 0.05) is 31.7 Å². The number of hydrogen-bond donors (Lipinski definition) is 1. The number of amides is 1. The highest BCUT2D eigenvalue weighted by Gasteiger charge is 2.46. The van der Waals surface area contributed by atoms with Crippen molar-refractivity contribution in [3.63, 3.8) is 0 Å². The van der Waals surface area contributed by atoms with E-state index in [2.05, 4.69) is 25.7 Å². The number of carbonyl (C=O) groups is 2. The zero-order valence-electron chi connectivity index (χ0n) is 25.6. The number of aliphatic hydroxyl groups is 1. The summed E-state index contributed by atoms with van der Waals surface area (Å²) in [7, 11) is 0. The molecule has 1 atom stereocenters. The van der Waals surface area contributed by atoms with Crippen molar-refractivity contribution >= 4 is 17.4 Å². The Balaban J connectivity index is 1.45. The van der Waals surface area contributed by atoms with E-state index in [1.54, 1.807) is 17.0 Å². The van der Waals surface area contributed by atoms with Gasteiger partial charge < -0.3 is 19.5 Å². The standard InChI is InChI=1S/C36H42N2O5/c1-25-23-29(43-24-26-9-6-5-7-10-26)15-16-30(25)33(39)31-32(27-11-13-28(14-12-27)36(2,3)4)38(35(41)34(31)40)18-8-17-37-19-21-42-22-20-37/h5-7,9-16,23,32,39H,8,17-22,24H2,1-4H3/b33-31+/t32-/m0/s1. The number of nitrogens with zero attached hydrogens (tertiary/aromatic N) is 2. The maximum Gasteiger partial charge on any atom is 0.295 e. The minimum absolute atomic E-state index is 0.0417. The van der Waals surface area contributed by atoms with Crippen LogP contribution in [0.25, 0.3) is 5.76 Å². The molecule has 3 aromatic rings. The van der Waals surface area contributed by atoms with Crippen molar-refractivity contribution in [1.82, 2.24) is 9.80 Å². The number of rotatable bonds is 9. The lowest BCUT2D eigenvalue weighted by atomic mass is 9.85. The van der Waals surface area contributed by atoms with Gasteiger partial charge in [-0.1, -0.05) is 75.4 Å². The van der Waals surface area contributed by atoms with E-state index < -0.39 is 17.7 Å². The van der Waals surface area contributed by atoms with Crippen molar-refractivity contribution in [3.8, 4) is 5.75 Å². The zero-order valence-corrected chi connectivity index (χ0v) is 25.6. The van der Waals surface area contributed by atoms with E-state index in [1.165, 1.54) is 0 Å². The van der Waals surface area contributed by atoms with Gasteiger partial charge in [-0.05, 0) is 59.2 Å². The maximum absolute atomic E-state index is 13.6. The summed E-state index contributed by atoms with van der Waals surface area (Å²) < 4.78 is 11.4. The molecule has 0 saturated carbocycles. The summed E-state index contributed by atoms with van der Waals surface area (Å²) in [5.74, 6) is -0.728. The van der Waals surface area contributed by atoms with E-state index >= 15 is 0 Å². The van der Waals surface area contributed by atoms with Crippen molar-refractivity contribution < 1.29 is 24.2 Å². The first-order chi connectivity index (χ1) is 20.6. The number of aryl methyl sites for hydroxylation is 1. The van der Waals surface area contributed by atoms with Crippen molar-refractivity contribution in [3.05, 3.63) is 106 Å². The van der Waals surface area contributed by atoms with Gasteiger partial charge in [0.25, 0.3) is 11.7 Å². The predicted molar refractivity (Wildman–Crippen MR) is 168 cm³/mol. The van der Waals surface area contributed by atoms with E-state index in [-0.39, 0.29) is 16.7 Å². The van der Waals surface area contributed by atoms with Crippen molar-refractivity contribution in [2.75, 3.05) is 39.4 Å². The van der Waals surface area contributed by atoms with Gasteiger partial charge in [-0.25, -0.2) is 0 Å². The third-order valence-electron chi connectivity index (χ3n) is 8.31. The van der Waals surface area contributed by atoms with Crippen molar-refractivity contribution in [1.29, 1.82) is 0 Å². The summed E-state index contributed by atoms with van der Waals surface area (Å²) in [5, 5.41) is 11.7. The van der Waals surface area contributed by atoms with E-state index in [4.69, 9.17) is 9.47 Å². The molecule has 3 aromatic carbocycles. The molecule has 2 fully saturated rings. The summed E-state index contributed by atoms with van der Waals surface area (Å²) in [6.45, 7) is 13.1. The Morgan fingerprint density at radius 2 is 1.65 bits per heavy atom. The van der Waals surface area contributed by atoms with Crippen LogP contribution in [-0.2, 0) is 26.3 Å². The minimum atomic E-state index is -0.674. The van der Waals surface area contributed by atoms with Crippen LogP contribution in [0.15, 0.2) is 78.4 Å². The van der Waals surface area contributed by atoms with Gasteiger partial charge in [-0.3, -0.25) is 14.5 Å². The number of carbonyl (C=O) groups excluding carboxylic acids is 2.